The van der Waals surface area contributed by atoms with E-state index in [1.165, 1.54) is 4.90 Å². The summed E-state index contributed by atoms with van der Waals surface area (Å²) in [5.41, 5.74) is 0.361. The maximum absolute atomic E-state index is 12.7. The van der Waals surface area contributed by atoms with E-state index in [0.717, 1.165) is 0 Å². The molecule has 0 spiro atoms. The number of rotatable bonds is 8. The molecule has 22 heavy (non-hydrogen) atoms. The van der Waals surface area contributed by atoms with Crippen LogP contribution in [0.3, 0.4) is 0 Å². The number of carbonyl (C=O) groups is 2. The lowest BCUT2D eigenvalue weighted by molar-refractivity contribution is -0.143. The smallest absolute Gasteiger partial charge is 0.307 e. The summed E-state index contributed by atoms with van der Waals surface area (Å²) in [6.45, 7) is 3.91. The number of aliphatic hydroxyl groups excluding tert-OH is 1. The van der Waals surface area contributed by atoms with Crippen LogP contribution in [-0.2, 0) is 9.53 Å². The third-order valence-corrected chi connectivity index (χ3v) is 3.68. The zero-order valence-corrected chi connectivity index (χ0v) is 13.7. The first-order valence-electron chi connectivity index (χ1n) is 7.37. The molecular formula is C16H22ClNO4. The number of aliphatic hydroxyl groups is 1. The van der Waals surface area contributed by atoms with Crippen LogP contribution in [0, 0.1) is 0 Å². The van der Waals surface area contributed by atoms with Gasteiger partial charge in [-0.3, -0.25) is 9.59 Å². The maximum Gasteiger partial charge on any atom is 0.307 e. The highest BCUT2D eigenvalue weighted by Crippen LogP contribution is 2.19. The van der Waals surface area contributed by atoms with E-state index in [1.54, 1.807) is 31.2 Å². The van der Waals surface area contributed by atoms with E-state index >= 15 is 0 Å². The highest BCUT2D eigenvalue weighted by molar-refractivity contribution is 6.33. The van der Waals surface area contributed by atoms with Gasteiger partial charge in [-0.2, -0.15) is 0 Å². The standard InChI is InChI=1S/C16H22ClNO4/c1-3-12(11-19)18(10-9-15(20)22-4-2)16(21)13-7-5-6-8-14(13)17/h5-8,12,19H,3-4,9-11H2,1-2H3. The Morgan fingerprint density at radius 1 is 1.32 bits per heavy atom. The molecule has 1 atom stereocenters. The quantitative estimate of drug-likeness (QED) is 0.745. The lowest BCUT2D eigenvalue weighted by Gasteiger charge is -2.30. The van der Waals surface area contributed by atoms with Crippen LogP contribution in [0.25, 0.3) is 0 Å². The minimum Gasteiger partial charge on any atom is -0.466 e. The molecule has 1 aromatic carbocycles. The van der Waals surface area contributed by atoms with Crippen molar-refractivity contribution in [3.05, 3.63) is 34.9 Å². The fourth-order valence-electron chi connectivity index (χ4n) is 2.13. The van der Waals surface area contributed by atoms with Crippen molar-refractivity contribution in [2.24, 2.45) is 0 Å². The average molecular weight is 328 g/mol. The number of ether oxygens (including phenoxy) is 1. The number of amides is 1. The third-order valence-electron chi connectivity index (χ3n) is 3.35. The van der Waals surface area contributed by atoms with Gasteiger partial charge in [0, 0.05) is 6.54 Å². The second-order valence-electron chi connectivity index (χ2n) is 4.78. The van der Waals surface area contributed by atoms with Crippen molar-refractivity contribution in [1.82, 2.24) is 4.90 Å². The predicted octanol–water partition coefficient (Wildman–Crippen LogP) is 2.51. The van der Waals surface area contributed by atoms with Gasteiger partial charge in [0.1, 0.15) is 0 Å². The molecule has 1 N–H and O–H groups in total. The summed E-state index contributed by atoms with van der Waals surface area (Å²) in [6.07, 6.45) is 0.663. The number of nitrogens with zero attached hydrogens (tertiary/aromatic N) is 1. The largest absolute Gasteiger partial charge is 0.466 e. The summed E-state index contributed by atoms with van der Waals surface area (Å²) < 4.78 is 4.88. The van der Waals surface area contributed by atoms with Crippen molar-refractivity contribution in [1.29, 1.82) is 0 Å². The molecule has 0 bridgehead atoms. The summed E-state index contributed by atoms with van der Waals surface area (Å²) in [7, 11) is 0. The fourth-order valence-corrected chi connectivity index (χ4v) is 2.35. The van der Waals surface area contributed by atoms with Crippen LogP contribution in [0.1, 0.15) is 37.0 Å². The topological polar surface area (TPSA) is 66.8 Å². The zero-order valence-electron chi connectivity index (χ0n) is 12.9. The first-order chi connectivity index (χ1) is 10.5. The molecule has 0 aliphatic rings. The van der Waals surface area contributed by atoms with Gasteiger partial charge in [-0.25, -0.2) is 0 Å². The van der Waals surface area contributed by atoms with Gasteiger partial charge >= 0.3 is 5.97 Å². The monoisotopic (exact) mass is 327 g/mol. The molecule has 0 radical (unpaired) electrons. The summed E-state index contributed by atoms with van der Waals surface area (Å²) >= 11 is 6.07. The minimum absolute atomic E-state index is 0.0839. The van der Waals surface area contributed by atoms with E-state index in [9.17, 15) is 14.7 Å². The molecule has 0 saturated heterocycles. The maximum atomic E-state index is 12.7. The molecule has 0 fully saturated rings. The molecule has 0 heterocycles. The Morgan fingerprint density at radius 2 is 2.00 bits per heavy atom. The molecule has 122 valence electrons. The normalized spacial score (nSPS) is 11.8. The number of esters is 1. The Morgan fingerprint density at radius 3 is 2.55 bits per heavy atom. The molecule has 6 heteroatoms. The van der Waals surface area contributed by atoms with Crippen LogP contribution in [-0.4, -0.2) is 47.7 Å². The second-order valence-corrected chi connectivity index (χ2v) is 5.19. The highest BCUT2D eigenvalue weighted by atomic mass is 35.5. The van der Waals surface area contributed by atoms with E-state index in [0.29, 0.717) is 23.6 Å². The van der Waals surface area contributed by atoms with Gasteiger partial charge in [0.05, 0.1) is 36.3 Å². The molecule has 0 saturated carbocycles. The van der Waals surface area contributed by atoms with Crippen LogP contribution in [0.2, 0.25) is 5.02 Å². The lowest BCUT2D eigenvalue weighted by Crippen LogP contribution is -2.43. The van der Waals surface area contributed by atoms with Gasteiger partial charge in [-0.1, -0.05) is 30.7 Å². The number of hydrogen-bond acceptors (Lipinski definition) is 4. The third kappa shape index (κ3) is 5.00. The Bertz CT molecular complexity index is 503. The van der Waals surface area contributed by atoms with Gasteiger partial charge in [0.25, 0.3) is 5.91 Å². The summed E-state index contributed by atoms with van der Waals surface area (Å²) in [6, 6.07) is 6.37. The van der Waals surface area contributed by atoms with Crippen LogP contribution < -0.4 is 0 Å². The van der Waals surface area contributed by atoms with Crippen molar-refractivity contribution >= 4 is 23.5 Å². The number of carbonyl (C=O) groups excluding carboxylic acids is 2. The van der Waals surface area contributed by atoms with Gasteiger partial charge in [0.15, 0.2) is 0 Å². The molecule has 1 amide bonds. The van der Waals surface area contributed by atoms with Crippen molar-refractivity contribution in [2.75, 3.05) is 19.8 Å². The summed E-state index contributed by atoms with van der Waals surface area (Å²) in [5, 5.41) is 9.84. The van der Waals surface area contributed by atoms with Gasteiger partial charge in [-0.15, -0.1) is 0 Å². The van der Waals surface area contributed by atoms with E-state index in [-0.39, 0.29) is 37.5 Å². The molecule has 0 aliphatic carbocycles. The van der Waals surface area contributed by atoms with E-state index < -0.39 is 0 Å². The average Bonchev–Trinajstić information content (AvgIpc) is 2.51. The number of halogens is 1. The molecular weight excluding hydrogens is 306 g/mol. The number of hydrogen-bond donors (Lipinski definition) is 1. The summed E-state index contributed by atoms with van der Waals surface area (Å²) in [4.78, 5) is 25.7. The predicted molar refractivity (Wildman–Crippen MR) is 84.9 cm³/mol. The van der Waals surface area contributed by atoms with E-state index in [2.05, 4.69) is 0 Å². The summed E-state index contributed by atoms with van der Waals surface area (Å²) in [5.74, 6) is -0.664. The van der Waals surface area contributed by atoms with Crippen LogP contribution in [0.15, 0.2) is 24.3 Å². The van der Waals surface area contributed by atoms with Gasteiger partial charge < -0.3 is 14.7 Å². The first-order valence-corrected chi connectivity index (χ1v) is 7.74. The fraction of sp³-hybridized carbons (Fsp3) is 0.500. The molecule has 0 aromatic heterocycles. The Balaban J connectivity index is 2.92. The van der Waals surface area contributed by atoms with Crippen molar-refractivity contribution in [3.63, 3.8) is 0 Å². The van der Waals surface area contributed by atoms with Crippen LogP contribution >= 0.6 is 11.6 Å². The van der Waals surface area contributed by atoms with Crippen LogP contribution in [0.5, 0.6) is 0 Å². The lowest BCUT2D eigenvalue weighted by atomic mass is 10.1. The van der Waals surface area contributed by atoms with Crippen molar-refractivity contribution < 1.29 is 19.4 Å². The molecule has 1 aromatic rings. The van der Waals surface area contributed by atoms with Crippen molar-refractivity contribution in [3.8, 4) is 0 Å². The number of benzene rings is 1. The van der Waals surface area contributed by atoms with E-state index in [4.69, 9.17) is 16.3 Å². The Kier molecular flexibility index (Phi) is 7.91. The minimum atomic E-state index is -0.368. The van der Waals surface area contributed by atoms with Gasteiger partial charge in [-0.05, 0) is 25.5 Å². The molecule has 1 rings (SSSR count). The SMILES string of the molecule is CCOC(=O)CCN(C(=O)c1ccccc1Cl)C(CC)CO. The molecule has 1 unspecified atom stereocenters. The highest BCUT2D eigenvalue weighted by Gasteiger charge is 2.25. The molecule has 5 nitrogen and oxygen atoms in total. The Hall–Kier alpha value is -1.59. The second kappa shape index (κ2) is 9.43. The van der Waals surface area contributed by atoms with Crippen LogP contribution in [0.4, 0.5) is 0 Å². The zero-order chi connectivity index (χ0) is 16.5. The van der Waals surface area contributed by atoms with E-state index in [1.807, 2.05) is 6.92 Å². The first kappa shape index (κ1) is 18.5. The Labute approximate surface area is 135 Å². The van der Waals surface area contributed by atoms with Crippen molar-refractivity contribution in [2.45, 2.75) is 32.7 Å². The van der Waals surface area contributed by atoms with Gasteiger partial charge in [0.2, 0.25) is 0 Å². The molecule has 0 aliphatic heterocycles.